The van der Waals surface area contributed by atoms with Gasteiger partial charge >= 0.3 is 0 Å². The summed E-state index contributed by atoms with van der Waals surface area (Å²) in [6, 6.07) is 8.39. The maximum atomic E-state index is 10.9. The van der Waals surface area contributed by atoms with Crippen molar-refractivity contribution in [2.45, 2.75) is 0 Å². The van der Waals surface area contributed by atoms with Crippen LogP contribution >= 0.6 is 11.3 Å². The molecule has 2 aromatic heterocycles. The van der Waals surface area contributed by atoms with Crippen LogP contribution in [0.1, 0.15) is 0 Å². The third-order valence-corrected chi connectivity index (χ3v) is 5.13. The highest BCUT2D eigenvalue weighted by atomic mass is 32.1. The lowest BCUT2D eigenvalue weighted by Gasteiger charge is -2.34. The van der Waals surface area contributed by atoms with Crippen LogP contribution in [0.3, 0.4) is 0 Å². The van der Waals surface area contributed by atoms with Gasteiger partial charge in [0.1, 0.15) is 0 Å². The molecule has 0 atom stereocenters. The fourth-order valence-corrected chi connectivity index (χ4v) is 3.76. The van der Waals surface area contributed by atoms with Gasteiger partial charge in [0.15, 0.2) is 5.13 Å². The highest BCUT2D eigenvalue weighted by molar-refractivity contribution is 7.14. The van der Waals surface area contributed by atoms with Crippen molar-refractivity contribution in [1.29, 1.82) is 0 Å². The molecule has 0 unspecified atom stereocenters. The number of aromatic nitrogens is 3. The smallest absolute Gasteiger partial charge is 0.270 e. The number of non-ortho nitro benzene ring substituents is 1. The minimum atomic E-state index is -0.387. The van der Waals surface area contributed by atoms with E-state index in [1.54, 1.807) is 35.9 Å². The van der Waals surface area contributed by atoms with Crippen LogP contribution in [0, 0.1) is 10.1 Å². The molecule has 1 saturated heterocycles. The van der Waals surface area contributed by atoms with Gasteiger partial charge in [0, 0.05) is 61.6 Å². The zero-order valence-corrected chi connectivity index (χ0v) is 14.7. The van der Waals surface area contributed by atoms with Gasteiger partial charge in [0.25, 0.3) is 5.69 Å². The fraction of sp³-hybridized carbons (Fsp3) is 0.235. The van der Waals surface area contributed by atoms with Gasteiger partial charge in [0.2, 0.25) is 5.95 Å². The normalized spacial score (nSPS) is 14.5. The fourth-order valence-electron chi connectivity index (χ4n) is 2.87. The molecule has 132 valence electrons. The molecule has 0 aliphatic carbocycles. The number of nitro benzene ring substituents is 1. The molecule has 1 aliphatic heterocycles. The van der Waals surface area contributed by atoms with Crippen molar-refractivity contribution in [1.82, 2.24) is 15.0 Å². The summed E-state index contributed by atoms with van der Waals surface area (Å²) in [5.41, 5.74) is 1.61. The molecule has 0 saturated carbocycles. The molecule has 0 spiro atoms. The lowest BCUT2D eigenvalue weighted by atomic mass is 10.1. The second kappa shape index (κ2) is 7.04. The number of thiazole rings is 1. The van der Waals surface area contributed by atoms with Gasteiger partial charge in [-0.05, 0) is 6.07 Å². The molecule has 8 nitrogen and oxygen atoms in total. The first-order chi connectivity index (χ1) is 12.7. The Balaban J connectivity index is 1.46. The van der Waals surface area contributed by atoms with Crippen molar-refractivity contribution in [2.75, 3.05) is 36.0 Å². The maximum Gasteiger partial charge on any atom is 0.270 e. The summed E-state index contributed by atoms with van der Waals surface area (Å²) in [5.74, 6) is 0.753. The predicted octanol–water partition coefficient (Wildman–Crippen LogP) is 2.83. The molecule has 3 aromatic rings. The van der Waals surface area contributed by atoms with Crippen molar-refractivity contribution in [2.24, 2.45) is 0 Å². The van der Waals surface area contributed by atoms with E-state index >= 15 is 0 Å². The molecule has 1 aromatic carbocycles. The second-order valence-electron chi connectivity index (χ2n) is 5.85. The summed E-state index contributed by atoms with van der Waals surface area (Å²) in [6.45, 7) is 3.33. The minimum Gasteiger partial charge on any atom is -0.345 e. The Labute approximate surface area is 153 Å². The molecular formula is C17H16N6O2S. The average molecular weight is 368 g/mol. The van der Waals surface area contributed by atoms with Gasteiger partial charge in [-0.3, -0.25) is 10.1 Å². The molecule has 0 amide bonds. The summed E-state index contributed by atoms with van der Waals surface area (Å²) < 4.78 is 0. The summed E-state index contributed by atoms with van der Waals surface area (Å²) in [4.78, 5) is 28.2. The van der Waals surface area contributed by atoms with E-state index in [2.05, 4.69) is 24.8 Å². The summed E-state index contributed by atoms with van der Waals surface area (Å²) in [5, 5.41) is 13.8. The van der Waals surface area contributed by atoms with Crippen molar-refractivity contribution in [3.05, 3.63) is 58.2 Å². The van der Waals surface area contributed by atoms with Crippen molar-refractivity contribution >= 4 is 28.1 Å². The van der Waals surface area contributed by atoms with E-state index < -0.39 is 0 Å². The third kappa shape index (κ3) is 3.33. The Bertz CT molecular complexity index is 908. The minimum absolute atomic E-state index is 0.0773. The molecule has 1 aliphatic rings. The van der Waals surface area contributed by atoms with Crippen LogP contribution in [0.2, 0.25) is 0 Å². The number of benzene rings is 1. The Morgan fingerprint density at radius 3 is 2.50 bits per heavy atom. The van der Waals surface area contributed by atoms with Gasteiger partial charge in [-0.2, -0.15) is 0 Å². The highest BCUT2D eigenvalue weighted by Gasteiger charge is 2.21. The van der Waals surface area contributed by atoms with Crippen LogP contribution in [0.4, 0.5) is 16.8 Å². The molecule has 9 heteroatoms. The third-order valence-electron chi connectivity index (χ3n) is 4.23. The van der Waals surface area contributed by atoms with Gasteiger partial charge in [0.05, 0.1) is 10.6 Å². The molecule has 26 heavy (non-hydrogen) atoms. The summed E-state index contributed by atoms with van der Waals surface area (Å²) in [7, 11) is 0. The van der Waals surface area contributed by atoms with Gasteiger partial charge < -0.3 is 9.80 Å². The van der Waals surface area contributed by atoms with Crippen molar-refractivity contribution in [3.63, 3.8) is 0 Å². The lowest BCUT2D eigenvalue weighted by molar-refractivity contribution is -0.384. The molecule has 0 N–H and O–H groups in total. The number of anilines is 2. The quantitative estimate of drug-likeness (QED) is 0.517. The van der Waals surface area contributed by atoms with Gasteiger partial charge in [-0.1, -0.05) is 12.1 Å². The van der Waals surface area contributed by atoms with Crippen LogP contribution in [-0.4, -0.2) is 46.1 Å². The van der Waals surface area contributed by atoms with Crippen LogP contribution in [0.25, 0.3) is 11.3 Å². The highest BCUT2D eigenvalue weighted by Crippen LogP contribution is 2.30. The standard InChI is InChI=1S/C17H16N6O2S/c24-23(25)14-4-1-3-13(11-14)15-12-26-17(20-15)22-9-7-21(8-10-22)16-18-5-2-6-19-16/h1-6,11-12H,7-10H2. The zero-order valence-electron chi connectivity index (χ0n) is 13.9. The van der Waals surface area contributed by atoms with Crippen molar-refractivity contribution < 1.29 is 4.92 Å². The number of nitrogens with zero attached hydrogens (tertiary/aromatic N) is 6. The number of hydrogen-bond donors (Lipinski definition) is 0. The van der Waals surface area contributed by atoms with Crippen molar-refractivity contribution in [3.8, 4) is 11.3 Å². The molecule has 4 rings (SSSR count). The van der Waals surface area contributed by atoms with E-state index in [4.69, 9.17) is 0 Å². The monoisotopic (exact) mass is 368 g/mol. The van der Waals surface area contributed by atoms with Crippen LogP contribution in [0.15, 0.2) is 48.1 Å². The lowest BCUT2D eigenvalue weighted by Crippen LogP contribution is -2.47. The number of rotatable bonds is 4. The van der Waals surface area contributed by atoms with Gasteiger partial charge in [-0.15, -0.1) is 11.3 Å². The van der Waals surface area contributed by atoms with Crippen LogP contribution in [0.5, 0.6) is 0 Å². The first-order valence-corrected chi connectivity index (χ1v) is 9.06. The average Bonchev–Trinajstić information content (AvgIpc) is 3.19. The molecule has 0 radical (unpaired) electrons. The van der Waals surface area contributed by atoms with E-state index in [9.17, 15) is 10.1 Å². The van der Waals surface area contributed by atoms with E-state index in [1.165, 1.54) is 6.07 Å². The molecular weight excluding hydrogens is 352 g/mol. The number of hydrogen-bond acceptors (Lipinski definition) is 8. The second-order valence-corrected chi connectivity index (χ2v) is 6.68. The molecule has 0 bridgehead atoms. The van der Waals surface area contributed by atoms with E-state index in [1.807, 2.05) is 17.5 Å². The summed E-state index contributed by atoms with van der Waals surface area (Å²) >= 11 is 1.56. The first kappa shape index (κ1) is 16.4. The predicted molar refractivity (Wildman–Crippen MR) is 101 cm³/mol. The zero-order chi connectivity index (χ0) is 17.9. The Kier molecular flexibility index (Phi) is 4.44. The molecule has 1 fully saturated rings. The van der Waals surface area contributed by atoms with Crippen LogP contribution < -0.4 is 9.80 Å². The largest absolute Gasteiger partial charge is 0.345 e. The van der Waals surface area contributed by atoms with E-state index in [-0.39, 0.29) is 10.6 Å². The van der Waals surface area contributed by atoms with Crippen LogP contribution in [-0.2, 0) is 0 Å². The molecule has 3 heterocycles. The van der Waals surface area contributed by atoms with Gasteiger partial charge in [-0.25, -0.2) is 15.0 Å². The topological polar surface area (TPSA) is 88.3 Å². The van der Waals surface area contributed by atoms with E-state index in [0.29, 0.717) is 0 Å². The number of nitro groups is 1. The Morgan fingerprint density at radius 1 is 1.04 bits per heavy atom. The SMILES string of the molecule is O=[N+]([O-])c1cccc(-c2csc(N3CCN(c4ncccn4)CC3)n2)c1. The number of piperazine rings is 1. The van der Waals surface area contributed by atoms with E-state index in [0.717, 1.165) is 48.5 Å². The Morgan fingerprint density at radius 2 is 1.77 bits per heavy atom. The summed E-state index contributed by atoms with van der Waals surface area (Å²) in [6.07, 6.45) is 3.50. The maximum absolute atomic E-state index is 10.9. The Hall–Kier alpha value is -3.07. The first-order valence-electron chi connectivity index (χ1n) is 8.18.